The van der Waals surface area contributed by atoms with Gasteiger partial charge in [0.15, 0.2) is 0 Å². The minimum absolute atomic E-state index is 0.0680. The van der Waals surface area contributed by atoms with E-state index in [0.29, 0.717) is 48.7 Å². The number of carbonyl (C=O) groups is 1. The van der Waals surface area contributed by atoms with Crippen LogP contribution in [0.3, 0.4) is 0 Å². The van der Waals surface area contributed by atoms with E-state index in [2.05, 4.69) is 20.0 Å². The molecule has 0 N–H and O–H groups in total. The summed E-state index contributed by atoms with van der Waals surface area (Å²) in [6.07, 6.45) is 0.246. The van der Waals surface area contributed by atoms with Gasteiger partial charge in [0.25, 0.3) is 0 Å². The van der Waals surface area contributed by atoms with E-state index in [1.165, 1.54) is 0 Å². The summed E-state index contributed by atoms with van der Waals surface area (Å²) in [7, 11) is 0. The predicted octanol–water partition coefficient (Wildman–Crippen LogP) is 3.65. The lowest BCUT2D eigenvalue weighted by Crippen LogP contribution is -2.48. The molecule has 9 heteroatoms. The molecule has 0 unspecified atom stereocenters. The third kappa shape index (κ3) is 4.49. The molecule has 32 heavy (non-hydrogen) atoms. The van der Waals surface area contributed by atoms with Gasteiger partial charge in [0, 0.05) is 31.7 Å². The van der Waals surface area contributed by atoms with E-state index < -0.39 is 0 Å². The summed E-state index contributed by atoms with van der Waals surface area (Å²) in [4.78, 5) is 27.0. The molecule has 3 aromatic heterocycles. The molecule has 164 valence electrons. The number of benzene rings is 1. The van der Waals surface area contributed by atoms with Gasteiger partial charge in [-0.15, -0.1) is 11.3 Å². The Morgan fingerprint density at radius 3 is 2.62 bits per heavy atom. The Bertz CT molecular complexity index is 1180. The monoisotopic (exact) mass is 449 g/mol. The molecule has 4 heterocycles. The molecule has 5 rings (SSSR count). The zero-order valence-electron chi connectivity index (χ0n) is 17.7. The minimum atomic E-state index is 0.0680. The highest BCUT2D eigenvalue weighted by atomic mass is 32.1. The SMILES string of the molecule is Cc1oc(-c2ccccc2)nc1CC(=O)N1CCN(Cc2nc(-c3cccs3)no2)CC1. The average molecular weight is 450 g/mol. The number of hydrogen-bond donors (Lipinski definition) is 0. The number of amides is 1. The second kappa shape index (κ2) is 9.05. The number of nitrogens with zero attached hydrogens (tertiary/aromatic N) is 5. The molecule has 0 bridgehead atoms. The maximum atomic E-state index is 12.9. The van der Waals surface area contributed by atoms with Crippen LogP contribution in [0.15, 0.2) is 56.8 Å². The molecule has 0 radical (unpaired) electrons. The van der Waals surface area contributed by atoms with Crippen LogP contribution >= 0.6 is 11.3 Å². The highest BCUT2D eigenvalue weighted by Gasteiger charge is 2.24. The van der Waals surface area contributed by atoms with Gasteiger partial charge < -0.3 is 13.8 Å². The van der Waals surface area contributed by atoms with Crippen molar-refractivity contribution < 1.29 is 13.7 Å². The summed E-state index contributed by atoms with van der Waals surface area (Å²) in [5.41, 5.74) is 1.61. The molecular weight excluding hydrogens is 426 g/mol. The smallest absolute Gasteiger partial charge is 0.241 e. The lowest BCUT2D eigenvalue weighted by molar-refractivity contribution is -0.132. The lowest BCUT2D eigenvalue weighted by atomic mass is 10.2. The van der Waals surface area contributed by atoms with Gasteiger partial charge in [-0.2, -0.15) is 4.98 Å². The third-order valence-corrected chi connectivity index (χ3v) is 6.39. The van der Waals surface area contributed by atoms with E-state index in [1.807, 2.05) is 59.7 Å². The molecule has 1 aliphatic heterocycles. The highest BCUT2D eigenvalue weighted by molar-refractivity contribution is 7.13. The predicted molar refractivity (Wildman–Crippen MR) is 120 cm³/mol. The molecule has 8 nitrogen and oxygen atoms in total. The second-order valence-electron chi connectivity index (χ2n) is 7.71. The lowest BCUT2D eigenvalue weighted by Gasteiger charge is -2.33. The van der Waals surface area contributed by atoms with Gasteiger partial charge in [-0.3, -0.25) is 9.69 Å². The topological polar surface area (TPSA) is 88.5 Å². The summed E-state index contributed by atoms with van der Waals surface area (Å²) in [5.74, 6) is 2.53. The van der Waals surface area contributed by atoms with Crippen molar-refractivity contribution in [1.82, 2.24) is 24.9 Å². The molecular formula is C23H23N5O3S. The quantitative estimate of drug-likeness (QED) is 0.444. The third-order valence-electron chi connectivity index (χ3n) is 5.53. The Hall–Kier alpha value is -3.30. The van der Waals surface area contributed by atoms with Gasteiger partial charge in [-0.05, 0) is 30.5 Å². The minimum Gasteiger partial charge on any atom is -0.441 e. The van der Waals surface area contributed by atoms with Crippen molar-refractivity contribution in [1.29, 1.82) is 0 Å². The average Bonchev–Trinajstić information content (AvgIpc) is 3.57. The Labute approximate surface area is 189 Å². The van der Waals surface area contributed by atoms with Crippen LogP contribution in [0.25, 0.3) is 22.2 Å². The van der Waals surface area contributed by atoms with Crippen LogP contribution < -0.4 is 0 Å². The Kier molecular flexibility index (Phi) is 5.83. The van der Waals surface area contributed by atoms with Crippen LogP contribution in [0, 0.1) is 6.92 Å². The largest absolute Gasteiger partial charge is 0.441 e. The molecule has 1 aliphatic rings. The number of carbonyl (C=O) groups excluding carboxylic acids is 1. The molecule has 1 aromatic carbocycles. The first-order valence-corrected chi connectivity index (χ1v) is 11.4. The van der Waals surface area contributed by atoms with E-state index in [1.54, 1.807) is 11.3 Å². The standard InChI is InChI=1S/C23H23N5O3S/c1-16-18(24-23(30-16)17-6-3-2-4-7-17)14-21(29)28-11-9-27(10-12-28)15-20-25-22(26-31-20)19-8-5-13-32-19/h2-8,13H,9-12,14-15H2,1H3. The summed E-state index contributed by atoms with van der Waals surface area (Å²) in [5, 5.41) is 6.05. The maximum absolute atomic E-state index is 12.9. The number of thiophene rings is 1. The van der Waals surface area contributed by atoms with Crippen LogP contribution in [0.4, 0.5) is 0 Å². The maximum Gasteiger partial charge on any atom is 0.241 e. The van der Waals surface area contributed by atoms with Gasteiger partial charge in [-0.1, -0.05) is 29.4 Å². The Balaban J connectivity index is 1.15. The van der Waals surface area contributed by atoms with Gasteiger partial charge in [0.2, 0.25) is 23.5 Å². The van der Waals surface area contributed by atoms with Crippen molar-refractivity contribution in [2.24, 2.45) is 0 Å². The van der Waals surface area contributed by atoms with Crippen molar-refractivity contribution in [3.63, 3.8) is 0 Å². The fourth-order valence-electron chi connectivity index (χ4n) is 3.72. The number of oxazole rings is 1. The first kappa shape index (κ1) is 20.6. The van der Waals surface area contributed by atoms with Crippen molar-refractivity contribution in [2.45, 2.75) is 19.9 Å². The molecule has 0 atom stereocenters. The number of aryl methyl sites for hydroxylation is 1. The zero-order chi connectivity index (χ0) is 21.9. The van der Waals surface area contributed by atoms with Gasteiger partial charge >= 0.3 is 0 Å². The van der Waals surface area contributed by atoms with Crippen molar-refractivity contribution in [3.05, 3.63) is 65.2 Å². The normalized spacial score (nSPS) is 14.7. The number of piperazine rings is 1. The second-order valence-corrected chi connectivity index (χ2v) is 8.66. The van der Waals surface area contributed by atoms with Crippen LogP contribution in [-0.4, -0.2) is 57.0 Å². The molecule has 0 aliphatic carbocycles. The summed E-state index contributed by atoms with van der Waals surface area (Å²) >= 11 is 1.59. The summed E-state index contributed by atoms with van der Waals surface area (Å²) in [6, 6.07) is 13.7. The van der Waals surface area contributed by atoms with Gasteiger partial charge in [-0.25, -0.2) is 4.98 Å². The molecule has 0 spiro atoms. The van der Waals surface area contributed by atoms with Crippen molar-refractivity contribution in [3.8, 4) is 22.2 Å². The molecule has 4 aromatic rings. The number of rotatable bonds is 6. The van der Waals surface area contributed by atoms with Crippen LogP contribution in [0.2, 0.25) is 0 Å². The highest BCUT2D eigenvalue weighted by Crippen LogP contribution is 2.23. The summed E-state index contributed by atoms with van der Waals surface area (Å²) in [6.45, 7) is 5.28. The van der Waals surface area contributed by atoms with Crippen LogP contribution in [0.5, 0.6) is 0 Å². The van der Waals surface area contributed by atoms with Gasteiger partial charge in [0.1, 0.15) is 5.76 Å². The molecule has 1 amide bonds. The van der Waals surface area contributed by atoms with Crippen molar-refractivity contribution >= 4 is 17.2 Å². The Morgan fingerprint density at radius 1 is 1.06 bits per heavy atom. The van der Waals surface area contributed by atoms with E-state index in [0.717, 1.165) is 23.5 Å². The molecule has 0 saturated carbocycles. The molecule has 1 saturated heterocycles. The zero-order valence-corrected chi connectivity index (χ0v) is 18.5. The van der Waals surface area contributed by atoms with Crippen LogP contribution in [0.1, 0.15) is 17.3 Å². The fraction of sp³-hybridized carbons (Fsp3) is 0.304. The number of aromatic nitrogens is 3. The Morgan fingerprint density at radius 2 is 1.88 bits per heavy atom. The van der Waals surface area contributed by atoms with E-state index in [4.69, 9.17) is 8.94 Å². The van der Waals surface area contributed by atoms with E-state index in [9.17, 15) is 4.79 Å². The fourth-order valence-corrected chi connectivity index (χ4v) is 4.37. The van der Waals surface area contributed by atoms with E-state index >= 15 is 0 Å². The van der Waals surface area contributed by atoms with E-state index in [-0.39, 0.29) is 12.3 Å². The molecule has 1 fully saturated rings. The number of hydrogen-bond acceptors (Lipinski definition) is 8. The summed E-state index contributed by atoms with van der Waals surface area (Å²) < 4.78 is 11.2. The van der Waals surface area contributed by atoms with Gasteiger partial charge in [0.05, 0.1) is 23.5 Å². The van der Waals surface area contributed by atoms with Crippen LogP contribution in [-0.2, 0) is 17.8 Å². The first-order valence-electron chi connectivity index (χ1n) is 10.5. The van der Waals surface area contributed by atoms with Crippen molar-refractivity contribution in [2.75, 3.05) is 26.2 Å². The first-order chi connectivity index (χ1) is 15.7.